The monoisotopic (exact) mass is 408 g/mol. The van der Waals surface area contributed by atoms with Crippen molar-refractivity contribution in [3.8, 4) is 11.3 Å². The van der Waals surface area contributed by atoms with Crippen molar-refractivity contribution in [3.05, 3.63) is 35.9 Å². The molecule has 0 bridgehead atoms. The van der Waals surface area contributed by atoms with Crippen LogP contribution in [0.5, 0.6) is 0 Å². The van der Waals surface area contributed by atoms with Gasteiger partial charge in [-0.3, -0.25) is 14.3 Å². The number of anilines is 1. The van der Waals surface area contributed by atoms with E-state index in [9.17, 15) is 9.59 Å². The van der Waals surface area contributed by atoms with E-state index in [1.807, 2.05) is 6.07 Å². The summed E-state index contributed by atoms with van der Waals surface area (Å²) >= 11 is 0. The van der Waals surface area contributed by atoms with E-state index in [0.29, 0.717) is 18.3 Å². The lowest BCUT2D eigenvalue weighted by atomic mass is 9.89. The molecule has 2 N–H and O–H groups in total. The fraction of sp³-hybridized carbons (Fsp3) is 0.542. The number of hydrogen-bond acceptors (Lipinski definition) is 3. The fourth-order valence-electron chi connectivity index (χ4n) is 4.66. The minimum absolute atomic E-state index is 0.0635. The summed E-state index contributed by atoms with van der Waals surface area (Å²) in [7, 11) is 0. The molecule has 0 radical (unpaired) electrons. The Bertz CT molecular complexity index is 898. The van der Waals surface area contributed by atoms with Crippen molar-refractivity contribution in [1.29, 1.82) is 0 Å². The zero-order valence-electron chi connectivity index (χ0n) is 17.8. The number of aromatic nitrogens is 2. The van der Waals surface area contributed by atoms with Gasteiger partial charge in [0.1, 0.15) is 0 Å². The Morgan fingerprint density at radius 3 is 2.80 bits per heavy atom. The third-order valence-electron chi connectivity index (χ3n) is 6.30. The summed E-state index contributed by atoms with van der Waals surface area (Å²) in [6.45, 7) is 3.47. The van der Waals surface area contributed by atoms with Gasteiger partial charge in [0.2, 0.25) is 11.8 Å². The smallest absolute Gasteiger partial charge is 0.230 e. The topological polar surface area (TPSA) is 76.0 Å². The van der Waals surface area contributed by atoms with Gasteiger partial charge in [0.25, 0.3) is 0 Å². The molecule has 1 aliphatic heterocycles. The number of nitrogens with zero attached hydrogens (tertiary/aromatic N) is 2. The average Bonchev–Trinajstić information content (AvgIpc) is 3.35. The van der Waals surface area contributed by atoms with Crippen molar-refractivity contribution in [1.82, 2.24) is 15.1 Å². The maximum Gasteiger partial charge on any atom is 0.230 e. The molecule has 2 aliphatic rings. The third kappa shape index (κ3) is 4.91. The quantitative estimate of drug-likeness (QED) is 0.722. The molecule has 2 aromatic rings. The summed E-state index contributed by atoms with van der Waals surface area (Å²) in [5.74, 6) is 0.688. The van der Waals surface area contributed by atoms with Crippen molar-refractivity contribution in [2.75, 3.05) is 11.9 Å². The van der Waals surface area contributed by atoms with Gasteiger partial charge in [-0.05, 0) is 36.8 Å². The molecule has 30 heavy (non-hydrogen) atoms. The van der Waals surface area contributed by atoms with E-state index in [-0.39, 0.29) is 24.2 Å². The number of nitrogens with one attached hydrogen (secondary N) is 2. The van der Waals surface area contributed by atoms with Gasteiger partial charge in [-0.1, -0.05) is 50.8 Å². The van der Waals surface area contributed by atoms with E-state index >= 15 is 0 Å². The number of amides is 2. The molecule has 1 aliphatic carbocycles. The molecule has 160 valence electrons. The first-order valence-electron chi connectivity index (χ1n) is 11.4. The van der Waals surface area contributed by atoms with E-state index in [1.165, 1.54) is 37.7 Å². The molecule has 6 heteroatoms. The van der Waals surface area contributed by atoms with Crippen LogP contribution < -0.4 is 10.6 Å². The van der Waals surface area contributed by atoms with Crippen LogP contribution in [0.15, 0.2) is 30.3 Å². The highest BCUT2D eigenvalue weighted by Gasteiger charge is 2.28. The molecule has 0 spiro atoms. The van der Waals surface area contributed by atoms with Gasteiger partial charge < -0.3 is 10.6 Å². The van der Waals surface area contributed by atoms with Gasteiger partial charge in [0.05, 0.1) is 11.6 Å². The van der Waals surface area contributed by atoms with Crippen LogP contribution in [0.25, 0.3) is 11.3 Å². The van der Waals surface area contributed by atoms with E-state index in [4.69, 9.17) is 5.10 Å². The maximum atomic E-state index is 12.6. The van der Waals surface area contributed by atoms with Gasteiger partial charge in [-0.15, -0.1) is 0 Å². The first-order valence-corrected chi connectivity index (χ1v) is 11.4. The van der Waals surface area contributed by atoms with Crippen LogP contribution in [0.3, 0.4) is 0 Å². The summed E-state index contributed by atoms with van der Waals surface area (Å²) in [5.41, 5.74) is 3.51. The van der Waals surface area contributed by atoms with Crippen molar-refractivity contribution in [2.24, 2.45) is 11.8 Å². The van der Waals surface area contributed by atoms with E-state index in [1.54, 1.807) is 0 Å². The number of carbonyl (C=O) groups is 2. The summed E-state index contributed by atoms with van der Waals surface area (Å²) < 4.78 is 2.08. The van der Waals surface area contributed by atoms with Gasteiger partial charge in [-0.2, -0.15) is 5.10 Å². The minimum atomic E-state index is -0.322. The second-order valence-electron chi connectivity index (χ2n) is 8.75. The van der Waals surface area contributed by atoms with E-state index in [0.717, 1.165) is 30.6 Å². The van der Waals surface area contributed by atoms with Crippen molar-refractivity contribution >= 4 is 17.6 Å². The number of aryl methyl sites for hydroxylation is 1. The zero-order valence-corrected chi connectivity index (χ0v) is 17.8. The summed E-state index contributed by atoms with van der Waals surface area (Å²) in [4.78, 5) is 24.0. The first-order chi connectivity index (χ1) is 14.6. The van der Waals surface area contributed by atoms with Gasteiger partial charge >= 0.3 is 0 Å². The average molecular weight is 409 g/mol. The summed E-state index contributed by atoms with van der Waals surface area (Å²) in [6.07, 6.45) is 8.81. The molecule has 0 unspecified atom stereocenters. The molecule has 4 rings (SSSR count). The second kappa shape index (κ2) is 9.45. The van der Waals surface area contributed by atoms with Crippen LogP contribution in [0, 0.1) is 11.8 Å². The highest BCUT2D eigenvalue weighted by atomic mass is 16.2. The molecular formula is C24H32N4O2. The highest BCUT2D eigenvalue weighted by molar-refractivity contribution is 5.96. The van der Waals surface area contributed by atoms with E-state index in [2.05, 4.69) is 46.5 Å². The van der Waals surface area contributed by atoms with Gasteiger partial charge in [-0.25, -0.2) is 0 Å². The Hall–Kier alpha value is -2.63. The molecule has 1 aromatic heterocycles. The Morgan fingerprint density at radius 2 is 2.07 bits per heavy atom. The van der Waals surface area contributed by atoms with Gasteiger partial charge in [0.15, 0.2) is 5.82 Å². The standard InChI is InChI=1S/C24H32N4O2/c1-2-7-17-10-6-11-19(12-17)21-14-22(26-24(30)20-13-23(29)25-15-20)27-28(21)16-18-8-4-3-5-9-18/h6,10-12,14,18,20H,2-5,7-9,13,15-16H2,1H3,(H,25,29)(H,26,27,30)/t20-/m0/s1. The lowest BCUT2D eigenvalue weighted by molar-refractivity contribution is -0.123. The number of carbonyl (C=O) groups excluding carboxylic acids is 2. The predicted molar refractivity (Wildman–Crippen MR) is 118 cm³/mol. The third-order valence-corrected chi connectivity index (χ3v) is 6.30. The van der Waals surface area contributed by atoms with E-state index < -0.39 is 0 Å². The molecular weight excluding hydrogens is 376 g/mol. The minimum Gasteiger partial charge on any atom is -0.355 e. The van der Waals surface area contributed by atoms with Crippen LogP contribution >= 0.6 is 0 Å². The predicted octanol–water partition coefficient (Wildman–Crippen LogP) is 4.16. The molecule has 6 nitrogen and oxygen atoms in total. The van der Waals surface area contributed by atoms with Crippen LogP contribution in [-0.4, -0.2) is 28.1 Å². The van der Waals surface area contributed by atoms with Crippen molar-refractivity contribution in [2.45, 2.75) is 64.8 Å². The summed E-state index contributed by atoms with van der Waals surface area (Å²) in [5, 5.41) is 10.4. The Balaban J connectivity index is 1.58. The Morgan fingerprint density at radius 1 is 1.23 bits per heavy atom. The first kappa shape index (κ1) is 20.6. The molecule has 2 amide bonds. The largest absolute Gasteiger partial charge is 0.355 e. The fourth-order valence-corrected chi connectivity index (χ4v) is 4.66. The lowest BCUT2D eigenvalue weighted by Gasteiger charge is -2.22. The molecule has 2 heterocycles. The maximum absolute atomic E-state index is 12.6. The van der Waals surface area contributed by atoms with Crippen LogP contribution in [0.1, 0.15) is 57.4 Å². The molecule has 2 fully saturated rings. The summed E-state index contributed by atoms with van der Waals surface area (Å²) in [6, 6.07) is 10.6. The number of rotatable bonds is 7. The lowest BCUT2D eigenvalue weighted by Crippen LogP contribution is -2.25. The van der Waals surface area contributed by atoms with Crippen molar-refractivity contribution in [3.63, 3.8) is 0 Å². The number of benzene rings is 1. The molecule has 1 aromatic carbocycles. The Kier molecular flexibility index (Phi) is 6.50. The Labute approximate surface area is 178 Å². The molecule has 1 saturated carbocycles. The SMILES string of the molecule is CCCc1cccc(-c2cc(NC(=O)[C@@H]3CNC(=O)C3)nn2CC2CCCCC2)c1. The highest BCUT2D eigenvalue weighted by Crippen LogP contribution is 2.30. The zero-order chi connectivity index (χ0) is 20.9. The molecule has 1 saturated heterocycles. The molecule has 1 atom stereocenters. The van der Waals surface area contributed by atoms with Gasteiger partial charge in [0, 0.05) is 31.1 Å². The van der Waals surface area contributed by atoms with Crippen LogP contribution in [0.2, 0.25) is 0 Å². The van der Waals surface area contributed by atoms with Crippen LogP contribution in [-0.2, 0) is 22.6 Å². The number of hydrogen-bond donors (Lipinski definition) is 2. The normalized spacial score (nSPS) is 19.6. The van der Waals surface area contributed by atoms with Crippen LogP contribution in [0.4, 0.5) is 5.82 Å². The van der Waals surface area contributed by atoms with Crippen molar-refractivity contribution < 1.29 is 9.59 Å². The second-order valence-corrected chi connectivity index (χ2v) is 8.75.